The van der Waals surface area contributed by atoms with Crippen molar-refractivity contribution in [3.05, 3.63) is 48.0 Å². The Morgan fingerprint density at radius 1 is 1.41 bits per heavy atom. The van der Waals surface area contributed by atoms with Gasteiger partial charge in [-0.05, 0) is 30.5 Å². The molecule has 0 unspecified atom stereocenters. The van der Waals surface area contributed by atoms with Gasteiger partial charge in [-0.1, -0.05) is 19.1 Å². The maximum atomic E-state index is 12.0. The van der Waals surface area contributed by atoms with Crippen LogP contribution >= 0.6 is 0 Å². The van der Waals surface area contributed by atoms with Crippen molar-refractivity contribution in [2.24, 2.45) is 0 Å². The van der Waals surface area contributed by atoms with E-state index in [0.29, 0.717) is 0 Å². The molecule has 0 spiro atoms. The van der Waals surface area contributed by atoms with Gasteiger partial charge in [0.1, 0.15) is 11.6 Å². The summed E-state index contributed by atoms with van der Waals surface area (Å²) >= 11 is 0. The lowest BCUT2D eigenvalue weighted by atomic mass is 10.1. The number of benzene rings is 1. The highest BCUT2D eigenvalue weighted by atomic mass is 16.5. The third kappa shape index (κ3) is 3.47. The van der Waals surface area contributed by atoms with Crippen molar-refractivity contribution in [3.8, 4) is 5.75 Å². The molecule has 5 nitrogen and oxygen atoms in total. The average molecular weight is 299 g/mol. The largest absolute Gasteiger partial charge is 0.484 e. The molecule has 1 aliphatic rings. The Kier molecular flexibility index (Phi) is 4.42. The number of hydrogen-bond acceptors (Lipinski definition) is 3. The van der Waals surface area contributed by atoms with E-state index in [9.17, 15) is 4.79 Å². The van der Waals surface area contributed by atoms with Gasteiger partial charge in [0.15, 0.2) is 6.61 Å². The van der Waals surface area contributed by atoms with Gasteiger partial charge >= 0.3 is 0 Å². The molecule has 0 aliphatic carbocycles. The molecule has 0 fully saturated rings. The zero-order valence-electron chi connectivity index (χ0n) is 12.8. The number of carbonyl (C=O) groups is 1. The minimum Gasteiger partial charge on any atom is -0.484 e. The van der Waals surface area contributed by atoms with E-state index in [1.807, 2.05) is 36.7 Å². The molecular formula is C17H21N3O2. The minimum atomic E-state index is -0.0758. The van der Waals surface area contributed by atoms with Gasteiger partial charge in [-0.2, -0.15) is 0 Å². The molecule has 1 aromatic heterocycles. The summed E-state index contributed by atoms with van der Waals surface area (Å²) in [5.74, 6) is 1.75. The summed E-state index contributed by atoms with van der Waals surface area (Å²) in [5, 5.41) is 3.03. The standard InChI is InChI=1S/C17H21N3O2/c1-2-13-3-6-15(7-4-13)22-12-17(21)19-14-5-8-16-18-9-10-20(16)11-14/h3-4,6-7,9-10,14H,2,5,8,11-12H2,1H3,(H,19,21)/t14-/m0/s1. The summed E-state index contributed by atoms with van der Waals surface area (Å²) in [5.41, 5.74) is 1.26. The molecule has 0 bridgehead atoms. The second-order valence-electron chi connectivity index (χ2n) is 5.59. The zero-order chi connectivity index (χ0) is 15.4. The first-order valence-corrected chi connectivity index (χ1v) is 7.75. The van der Waals surface area contributed by atoms with E-state index in [1.54, 1.807) is 0 Å². The van der Waals surface area contributed by atoms with Gasteiger partial charge in [-0.25, -0.2) is 4.98 Å². The molecule has 1 aliphatic heterocycles. The van der Waals surface area contributed by atoms with Crippen LogP contribution < -0.4 is 10.1 Å². The monoisotopic (exact) mass is 299 g/mol. The minimum absolute atomic E-state index is 0.0543. The SMILES string of the molecule is CCc1ccc(OCC(=O)N[C@H]2CCc3nccn3C2)cc1. The van der Waals surface area contributed by atoms with Crippen molar-refractivity contribution in [3.63, 3.8) is 0 Å². The van der Waals surface area contributed by atoms with Gasteiger partial charge < -0.3 is 14.6 Å². The zero-order valence-corrected chi connectivity index (χ0v) is 12.8. The van der Waals surface area contributed by atoms with E-state index in [2.05, 4.69) is 21.8 Å². The van der Waals surface area contributed by atoms with Crippen LogP contribution in [0.2, 0.25) is 0 Å². The van der Waals surface area contributed by atoms with Gasteiger partial charge in [0.05, 0.1) is 0 Å². The van der Waals surface area contributed by atoms with Crippen LogP contribution in [0.25, 0.3) is 0 Å². The number of aryl methyl sites for hydroxylation is 2. The molecule has 116 valence electrons. The number of fused-ring (bicyclic) bond motifs is 1. The predicted molar refractivity (Wildman–Crippen MR) is 83.8 cm³/mol. The summed E-state index contributed by atoms with van der Waals surface area (Å²) < 4.78 is 7.63. The van der Waals surface area contributed by atoms with Crippen LogP contribution in [0.3, 0.4) is 0 Å². The predicted octanol–water partition coefficient (Wildman–Crippen LogP) is 1.96. The van der Waals surface area contributed by atoms with Gasteiger partial charge in [0.25, 0.3) is 5.91 Å². The molecule has 1 aromatic carbocycles. The lowest BCUT2D eigenvalue weighted by Crippen LogP contribution is -2.42. The van der Waals surface area contributed by atoms with Crippen LogP contribution in [0.15, 0.2) is 36.7 Å². The molecule has 5 heteroatoms. The number of nitrogens with zero attached hydrogens (tertiary/aromatic N) is 2. The number of imidazole rings is 1. The molecule has 3 rings (SSSR count). The van der Waals surface area contributed by atoms with Crippen molar-refractivity contribution in [2.75, 3.05) is 6.61 Å². The molecule has 1 atom stereocenters. The lowest BCUT2D eigenvalue weighted by molar-refractivity contribution is -0.124. The Balaban J connectivity index is 1.46. The quantitative estimate of drug-likeness (QED) is 0.918. The van der Waals surface area contributed by atoms with Crippen LogP contribution in [-0.2, 0) is 24.2 Å². The fourth-order valence-corrected chi connectivity index (χ4v) is 2.72. The van der Waals surface area contributed by atoms with E-state index in [4.69, 9.17) is 4.74 Å². The maximum Gasteiger partial charge on any atom is 0.258 e. The van der Waals surface area contributed by atoms with Crippen LogP contribution in [0, 0.1) is 0 Å². The van der Waals surface area contributed by atoms with E-state index < -0.39 is 0 Å². The number of ether oxygens (including phenoxy) is 1. The van der Waals surface area contributed by atoms with Crippen molar-refractivity contribution >= 4 is 5.91 Å². The highest BCUT2D eigenvalue weighted by Gasteiger charge is 2.20. The highest BCUT2D eigenvalue weighted by molar-refractivity contribution is 5.77. The number of carbonyl (C=O) groups excluding carboxylic acids is 1. The Morgan fingerprint density at radius 3 is 3.00 bits per heavy atom. The topological polar surface area (TPSA) is 56.1 Å². The Bertz CT molecular complexity index is 634. The second-order valence-corrected chi connectivity index (χ2v) is 5.59. The fourth-order valence-electron chi connectivity index (χ4n) is 2.72. The molecule has 2 heterocycles. The number of amides is 1. The molecule has 1 N–H and O–H groups in total. The number of aromatic nitrogens is 2. The molecular weight excluding hydrogens is 278 g/mol. The van der Waals surface area contributed by atoms with Crippen LogP contribution in [0.1, 0.15) is 24.7 Å². The molecule has 1 amide bonds. The van der Waals surface area contributed by atoms with Gasteiger partial charge in [0.2, 0.25) is 0 Å². The van der Waals surface area contributed by atoms with E-state index in [0.717, 1.165) is 37.4 Å². The number of hydrogen-bond donors (Lipinski definition) is 1. The molecule has 0 saturated carbocycles. The smallest absolute Gasteiger partial charge is 0.258 e. The van der Waals surface area contributed by atoms with Crippen LogP contribution in [0.5, 0.6) is 5.75 Å². The summed E-state index contributed by atoms with van der Waals surface area (Å²) in [4.78, 5) is 16.3. The third-order valence-corrected chi connectivity index (χ3v) is 4.00. The number of nitrogens with one attached hydrogen (secondary N) is 1. The van der Waals surface area contributed by atoms with Crippen LogP contribution in [-0.4, -0.2) is 28.1 Å². The van der Waals surface area contributed by atoms with Gasteiger partial charge in [0, 0.05) is 31.4 Å². The van der Waals surface area contributed by atoms with Crippen LogP contribution in [0.4, 0.5) is 0 Å². The van der Waals surface area contributed by atoms with Gasteiger partial charge in [-0.3, -0.25) is 4.79 Å². The highest BCUT2D eigenvalue weighted by Crippen LogP contribution is 2.14. The van der Waals surface area contributed by atoms with E-state index >= 15 is 0 Å². The number of rotatable bonds is 5. The first kappa shape index (κ1) is 14.6. The third-order valence-electron chi connectivity index (χ3n) is 4.00. The summed E-state index contributed by atoms with van der Waals surface area (Å²) in [7, 11) is 0. The van der Waals surface area contributed by atoms with Crippen molar-refractivity contribution in [2.45, 2.75) is 38.8 Å². The maximum absolute atomic E-state index is 12.0. The van der Waals surface area contributed by atoms with Crippen molar-refractivity contribution < 1.29 is 9.53 Å². The fraction of sp³-hybridized carbons (Fsp3) is 0.412. The molecule has 0 saturated heterocycles. The van der Waals surface area contributed by atoms with E-state index in [-0.39, 0.29) is 18.6 Å². The van der Waals surface area contributed by atoms with Crippen molar-refractivity contribution in [1.82, 2.24) is 14.9 Å². The summed E-state index contributed by atoms with van der Waals surface area (Å²) in [6, 6.07) is 8.01. The van der Waals surface area contributed by atoms with Gasteiger partial charge in [-0.15, -0.1) is 0 Å². The molecule has 0 radical (unpaired) electrons. The average Bonchev–Trinajstić information content (AvgIpc) is 3.01. The normalized spacial score (nSPS) is 16.9. The first-order valence-electron chi connectivity index (χ1n) is 7.75. The van der Waals surface area contributed by atoms with Crippen molar-refractivity contribution in [1.29, 1.82) is 0 Å². The molecule has 2 aromatic rings. The molecule has 22 heavy (non-hydrogen) atoms. The second kappa shape index (κ2) is 6.64. The summed E-state index contributed by atoms with van der Waals surface area (Å²) in [6.45, 7) is 2.95. The lowest BCUT2D eigenvalue weighted by Gasteiger charge is -2.24. The Morgan fingerprint density at radius 2 is 2.23 bits per heavy atom. The first-order chi connectivity index (χ1) is 10.7. The Hall–Kier alpha value is -2.30. The summed E-state index contributed by atoms with van der Waals surface area (Å²) in [6.07, 6.45) is 6.59. The van der Waals surface area contributed by atoms with E-state index in [1.165, 1.54) is 5.56 Å². The Labute approximate surface area is 130 Å².